The molecule has 1 aromatic rings. The van der Waals surface area contributed by atoms with Crippen LogP contribution in [0.4, 0.5) is 74.6 Å². The normalized spacial score (nSPS) is 24.0. The highest BCUT2D eigenvalue weighted by molar-refractivity contribution is 6.09. The standard InChI is InChI=1S/C28H25F17N2O5/c1-4-47-17(48)14-15(18(47)49)20(2,46-16(14)12-6-8-13(51-3)9-7-12)19(50)52-11-5-10-21(29,30)22(31,32)23(33,34)24(35,36)25(37,38)26(39,40)27(41,42)28(43,44)45/h6-9,14-16,46H,4-5,10-11H2,1-3H3/t14-,15-,16-,20-/m1/s1. The number of carbonyl (C=O) groups excluding carboxylic acids is 3. The molecule has 0 bridgehead atoms. The lowest BCUT2D eigenvalue weighted by Crippen LogP contribution is -2.74. The molecule has 0 radical (unpaired) electrons. The maximum atomic E-state index is 14.3. The van der Waals surface area contributed by atoms with Crippen LogP contribution in [0.2, 0.25) is 0 Å². The van der Waals surface area contributed by atoms with Crippen LogP contribution >= 0.6 is 0 Å². The van der Waals surface area contributed by atoms with Gasteiger partial charge in [0.2, 0.25) is 11.8 Å². The van der Waals surface area contributed by atoms with E-state index in [2.05, 4.69) is 5.32 Å². The fourth-order valence-electron chi connectivity index (χ4n) is 5.76. The summed E-state index contributed by atoms with van der Waals surface area (Å²) in [5.41, 5.74) is -1.88. The van der Waals surface area contributed by atoms with Gasteiger partial charge in [0, 0.05) is 19.0 Å². The number of amides is 2. The molecule has 2 aliphatic heterocycles. The topological polar surface area (TPSA) is 84.9 Å². The maximum Gasteiger partial charge on any atom is 0.460 e. The number of imide groups is 1. The van der Waals surface area contributed by atoms with Gasteiger partial charge in [0.1, 0.15) is 11.3 Å². The molecule has 2 heterocycles. The van der Waals surface area contributed by atoms with Crippen molar-refractivity contribution < 1.29 is 98.5 Å². The van der Waals surface area contributed by atoms with Crippen LogP contribution in [0.15, 0.2) is 24.3 Å². The van der Waals surface area contributed by atoms with Crippen molar-refractivity contribution in [1.82, 2.24) is 10.2 Å². The molecule has 1 N–H and O–H groups in total. The smallest absolute Gasteiger partial charge is 0.460 e. The van der Waals surface area contributed by atoms with E-state index in [1.807, 2.05) is 0 Å². The molecule has 0 aromatic heterocycles. The zero-order chi connectivity index (χ0) is 40.5. The van der Waals surface area contributed by atoms with E-state index in [1.54, 1.807) is 0 Å². The second-order valence-corrected chi connectivity index (χ2v) is 11.9. The number of nitrogens with zero attached hydrogens (tertiary/aromatic N) is 1. The lowest BCUT2D eigenvalue weighted by molar-refractivity contribution is -0.461. The lowest BCUT2D eigenvalue weighted by atomic mass is 9.80. The molecule has 0 spiro atoms. The zero-order valence-corrected chi connectivity index (χ0v) is 26.3. The number of hydrogen-bond donors (Lipinski definition) is 1. The molecule has 2 fully saturated rings. The molecule has 2 aliphatic rings. The fourth-order valence-corrected chi connectivity index (χ4v) is 5.76. The van der Waals surface area contributed by atoms with Crippen LogP contribution in [0.25, 0.3) is 0 Å². The minimum absolute atomic E-state index is 0.174. The number of methoxy groups -OCH3 is 1. The first-order chi connectivity index (χ1) is 23.3. The fraction of sp³-hybridized carbons (Fsp3) is 0.679. The highest BCUT2D eigenvalue weighted by Crippen LogP contribution is 2.64. The van der Waals surface area contributed by atoms with Crippen LogP contribution in [0, 0.1) is 11.8 Å². The van der Waals surface area contributed by atoms with Crippen LogP contribution in [-0.2, 0) is 19.1 Å². The van der Waals surface area contributed by atoms with E-state index < -0.39 is 108 Å². The van der Waals surface area contributed by atoms with Crippen molar-refractivity contribution in [2.75, 3.05) is 20.3 Å². The third kappa shape index (κ3) is 5.99. The molecule has 0 unspecified atom stereocenters. The Bertz CT molecular complexity index is 1530. The van der Waals surface area contributed by atoms with Gasteiger partial charge >= 0.3 is 53.6 Å². The Balaban J connectivity index is 1.82. The summed E-state index contributed by atoms with van der Waals surface area (Å²) in [6.07, 6.45) is -12.4. The van der Waals surface area contributed by atoms with Crippen molar-refractivity contribution in [3.8, 4) is 5.75 Å². The molecule has 7 nitrogen and oxygen atoms in total. The van der Waals surface area contributed by atoms with Gasteiger partial charge in [-0.05, 0) is 38.0 Å². The van der Waals surface area contributed by atoms with Gasteiger partial charge in [-0.3, -0.25) is 24.6 Å². The van der Waals surface area contributed by atoms with Crippen molar-refractivity contribution in [3.63, 3.8) is 0 Å². The summed E-state index contributed by atoms with van der Waals surface area (Å²) in [4.78, 5) is 40.2. The van der Waals surface area contributed by atoms with E-state index in [-0.39, 0.29) is 6.54 Å². The van der Waals surface area contributed by atoms with E-state index in [1.165, 1.54) is 38.3 Å². The molecule has 24 heteroatoms. The first-order valence-corrected chi connectivity index (χ1v) is 14.4. The number of likely N-dealkylation sites (tertiary alicyclic amines) is 1. The number of benzene rings is 1. The van der Waals surface area contributed by atoms with Crippen LogP contribution in [-0.4, -0.2) is 96.1 Å². The molecule has 3 rings (SSSR count). The van der Waals surface area contributed by atoms with Crippen molar-refractivity contribution in [2.45, 2.75) is 85.9 Å². The average Bonchev–Trinajstić information content (AvgIpc) is 3.49. The monoisotopic (exact) mass is 792 g/mol. The van der Waals surface area contributed by atoms with E-state index in [0.29, 0.717) is 11.3 Å². The number of nitrogens with one attached hydrogen (secondary N) is 1. The van der Waals surface area contributed by atoms with Gasteiger partial charge in [0.15, 0.2) is 0 Å². The van der Waals surface area contributed by atoms with Gasteiger partial charge in [-0.1, -0.05) is 12.1 Å². The second-order valence-electron chi connectivity index (χ2n) is 11.9. The minimum atomic E-state index is -8.74. The summed E-state index contributed by atoms with van der Waals surface area (Å²) in [7, 11) is 1.33. The summed E-state index contributed by atoms with van der Waals surface area (Å²) in [5.74, 6) is -62.9. The lowest BCUT2D eigenvalue weighted by Gasteiger charge is -2.42. The van der Waals surface area contributed by atoms with Crippen molar-refractivity contribution in [3.05, 3.63) is 29.8 Å². The first kappa shape index (κ1) is 42.8. The SMILES string of the molecule is CCN1C(=O)[C@H]2[C@@H](c3ccc(OC)cc3)N[C@@](C)(C(=O)OCCCC(F)(F)C(F)(F)C(F)(F)C(F)(F)C(F)(F)C(F)(F)C(F)(F)C(F)(F)F)[C@H]2C1=O. The number of alkyl halides is 17. The minimum Gasteiger partial charge on any atom is -0.497 e. The number of hydrogen-bond acceptors (Lipinski definition) is 6. The third-order valence-corrected chi connectivity index (χ3v) is 8.75. The third-order valence-electron chi connectivity index (χ3n) is 8.75. The van der Waals surface area contributed by atoms with Crippen LogP contribution in [0.5, 0.6) is 5.75 Å². The van der Waals surface area contributed by atoms with Crippen molar-refractivity contribution in [1.29, 1.82) is 0 Å². The second kappa shape index (κ2) is 13.1. The molecule has 52 heavy (non-hydrogen) atoms. The summed E-state index contributed by atoms with van der Waals surface area (Å²) < 4.78 is 240. The summed E-state index contributed by atoms with van der Waals surface area (Å²) in [5, 5.41) is 2.70. The molecular weight excluding hydrogens is 767 g/mol. The van der Waals surface area contributed by atoms with Gasteiger partial charge in [-0.15, -0.1) is 0 Å². The van der Waals surface area contributed by atoms with E-state index in [9.17, 15) is 89.0 Å². The Labute approximate surface area is 280 Å². The van der Waals surface area contributed by atoms with Gasteiger partial charge in [-0.2, -0.15) is 74.6 Å². The predicted molar refractivity (Wildman–Crippen MR) is 138 cm³/mol. The molecule has 2 amide bonds. The Morgan fingerprint density at radius 1 is 0.750 bits per heavy atom. The molecule has 1 aromatic carbocycles. The molecule has 4 atom stereocenters. The number of rotatable bonds is 14. The number of carbonyl (C=O) groups is 3. The molecule has 0 saturated carbocycles. The Hall–Kier alpha value is -3.60. The zero-order valence-electron chi connectivity index (χ0n) is 26.3. The highest BCUT2D eigenvalue weighted by Gasteiger charge is 2.95. The molecule has 0 aliphatic carbocycles. The molecule has 2 saturated heterocycles. The molecule has 296 valence electrons. The summed E-state index contributed by atoms with van der Waals surface area (Å²) in [6.45, 7) is 0.749. The Kier molecular flexibility index (Phi) is 10.8. The Morgan fingerprint density at radius 3 is 1.65 bits per heavy atom. The largest absolute Gasteiger partial charge is 0.497 e. The quantitative estimate of drug-likeness (QED) is 0.0942. The van der Waals surface area contributed by atoms with Crippen LogP contribution in [0.3, 0.4) is 0 Å². The van der Waals surface area contributed by atoms with E-state index in [4.69, 9.17) is 9.47 Å². The number of esters is 1. The van der Waals surface area contributed by atoms with Crippen LogP contribution in [0.1, 0.15) is 38.3 Å². The van der Waals surface area contributed by atoms with Gasteiger partial charge in [0.25, 0.3) is 0 Å². The predicted octanol–water partition coefficient (Wildman–Crippen LogP) is 7.05. The number of ether oxygens (including phenoxy) is 2. The van der Waals surface area contributed by atoms with Gasteiger partial charge in [-0.25, -0.2) is 0 Å². The summed E-state index contributed by atoms with van der Waals surface area (Å²) >= 11 is 0. The van der Waals surface area contributed by atoms with Crippen molar-refractivity contribution in [2.24, 2.45) is 11.8 Å². The number of halogens is 17. The summed E-state index contributed by atoms with van der Waals surface area (Å²) in [6, 6.07) is 4.67. The molecular formula is C28H25F17N2O5. The van der Waals surface area contributed by atoms with Gasteiger partial charge < -0.3 is 9.47 Å². The van der Waals surface area contributed by atoms with E-state index >= 15 is 0 Å². The van der Waals surface area contributed by atoms with E-state index in [0.717, 1.165) is 11.8 Å². The Morgan fingerprint density at radius 2 is 1.21 bits per heavy atom. The van der Waals surface area contributed by atoms with Crippen LogP contribution < -0.4 is 10.1 Å². The first-order valence-electron chi connectivity index (χ1n) is 14.4. The average molecular weight is 792 g/mol. The van der Waals surface area contributed by atoms with Crippen molar-refractivity contribution >= 4 is 17.8 Å². The number of fused-ring (bicyclic) bond motifs is 1. The van der Waals surface area contributed by atoms with Gasteiger partial charge in [0.05, 0.1) is 25.6 Å². The maximum absolute atomic E-state index is 14.3. The highest BCUT2D eigenvalue weighted by atomic mass is 19.4.